The van der Waals surface area contributed by atoms with E-state index in [9.17, 15) is 13.2 Å². The van der Waals surface area contributed by atoms with E-state index in [0.29, 0.717) is 23.7 Å². The maximum Gasteiger partial charge on any atom is 0.258 e. The number of hydrogen-bond acceptors (Lipinski definition) is 4. The SMILES string of the molecule is O=C(c1ccc(Cl)cc1)N1CCCc2cc(S(=O)(=O)NC[C@H]3CCCO3)ccc21. The van der Waals surface area contributed by atoms with E-state index in [1.54, 1.807) is 47.4 Å². The summed E-state index contributed by atoms with van der Waals surface area (Å²) in [5.74, 6) is -0.116. The van der Waals surface area contributed by atoms with Crippen LogP contribution in [0.3, 0.4) is 0 Å². The maximum absolute atomic E-state index is 12.9. The Balaban J connectivity index is 1.54. The van der Waals surface area contributed by atoms with Gasteiger partial charge in [0.1, 0.15) is 0 Å². The van der Waals surface area contributed by atoms with Gasteiger partial charge in [0.25, 0.3) is 5.91 Å². The minimum Gasteiger partial charge on any atom is -0.377 e. The number of amides is 1. The molecule has 2 aliphatic rings. The van der Waals surface area contributed by atoms with Crippen LogP contribution >= 0.6 is 11.6 Å². The minimum atomic E-state index is -3.62. The quantitative estimate of drug-likeness (QED) is 0.782. The molecule has 2 aromatic rings. The molecule has 0 radical (unpaired) electrons. The third kappa shape index (κ3) is 4.48. The number of rotatable bonds is 5. The van der Waals surface area contributed by atoms with Crippen LogP contribution in [0.1, 0.15) is 35.2 Å². The van der Waals surface area contributed by atoms with Crippen LogP contribution in [-0.4, -0.2) is 40.1 Å². The topological polar surface area (TPSA) is 75.7 Å². The summed E-state index contributed by atoms with van der Waals surface area (Å²) >= 11 is 5.91. The van der Waals surface area contributed by atoms with E-state index >= 15 is 0 Å². The van der Waals surface area contributed by atoms with Gasteiger partial charge in [-0.25, -0.2) is 13.1 Å². The summed E-state index contributed by atoms with van der Waals surface area (Å²) in [5, 5.41) is 0.575. The van der Waals surface area contributed by atoms with E-state index in [-0.39, 0.29) is 23.5 Å². The largest absolute Gasteiger partial charge is 0.377 e. The molecule has 0 unspecified atom stereocenters. The fraction of sp³-hybridized carbons (Fsp3) is 0.381. The summed E-state index contributed by atoms with van der Waals surface area (Å²) in [6.07, 6.45) is 3.28. The fourth-order valence-corrected chi connectivity index (χ4v) is 5.03. The van der Waals surface area contributed by atoms with Gasteiger partial charge in [-0.2, -0.15) is 0 Å². The second-order valence-corrected chi connectivity index (χ2v) is 9.55. The highest BCUT2D eigenvalue weighted by atomic mass is 35.5. The van der Waals surface area contributed by atoms with Crippen molar-refractivity contribution in [2.24, 2.45) is 0 Å². The number of halogens is 1. The Morgan fingerprint density at radius 2 is 1.97 bits per heavy atom. The molecule has 0 bridgehead atoms. The average Bonchev–Trinajstić information content (AvgIpc) is 3.25. The molecule has 0 spiro atoms. The number of nitrogens with one attached hydrogen (secondary N) is 1. The third-order valence-electron chi connectivity index (χ3n) is 5.34. The predicted molar refractivity (Wildman–Crippen MR) is 112 cm³/mol. The van der Waals surface area contributed by atoms with Crippen molar-refractivity contribution in [1.82, 2.24) is 4.72 Å². The molecule has 0 aromatic heterocycles. The first-order valence-electron chi connectivity index (χ1n) is 9.76. The van der Waals surface area contributed by atoms with E-state index in [2.05, 4.69) is 4.72 Å². The van der Waals surface area contributed by atoms with Gasteiger partial charge in [-0.3, -0.25) is 4.79 Å². The lowest BCUT2D eigenvalue weighted by Gasteiger charge is -2.30. The number of carbonyl (C=O) groups excluding carboxylic acids is 1. The summed E-state index contributed by atoms with van der Waals surface area (Å²) in [6, 6.07) is 11.7. The molecule has 6 nitrogen and oxygen atoms in total. The minimum absolute atomic E-state index is 0.0603. The lowest BCUT2D eigenvalue weighted by molar-refractivity contribution is 0.0985. The monoisotopic (exact) mass is 434 g/mol. The molecule has 8 heteroatoms. The average molecular weight is 435 g/mol. The van der Waals surface area contributed by atoms with Crippen molar-refractivity contribution in [3.05, 3.63) is 58.6 Å². The van der Waals surface area contributed by atoms with Crippen LogP contribution < -0.4 is 9.62 Å². The Bertz CT molecular complexity index is 1000. The highest BCUT2D eigenvalue weighted by Gasteiger charge is 2.26. The van der Waals surface area contributed by atoms with Crippen molar-refractivity contribution in [1.29, 1.82) is 0 Å². The number of fused-ring (bicyclic) bond motifs is 1. The Kier molecular flexibility index (Phi) is 5.92. The second kappa shape index (κ2) is 8.44. The van der Waals surface area contributed by atoms with Crippen LogP contribution in [0.25, 0.3) is 0 Å². The maximum atomic E-state index is 12.9. The summed E-state index contributed by atoms with van der Waals surface area (Å²) in [7, 11) is -3.62. The molecule has 1 atom stereocenters. The highest BCUT2D eigenvalue weighted by molar-refractivity contribution is 7.89. The van der Waals surface area contributed by atoms with Gasteiger partial charge in [0.15, 0.2) is 0 Å². The Morgan fingerprint density at radius 1 is 1.17 bits per heavy atom. The van der Waals surface area contributed by atoms with E-state index in [0.717, 1.165) is 36.9 Å². The van der Waals surface area contributed by atoms with Gasteiger partial charge in [0.05, 0.1) is 11.0 Å². The number of anilines is 1. The number of sulfonamides is 1. The summed E-state index contributed by atoms with van der Waals surface area (Å²) < 4.78 is 33.5. The summed E-state index contributed by atoms with van der Waals surface area (Å²) in [4.78, 5) is 14.9. The Hall–Kier alpha value is -1.93. The molecule has 1 amide bonds. The lowest BCUT2D eigenvalue weighted by atomic mass is 10.0. The fourth-order valence-electron chi connectivity index (χ4n) is 3.79. The van der Waals surface area contributed by atoms with Gasteiger partial charge in [0.2, 0.25) is 10.0 Å². The van der Waals surface area contributed by atoms with Crippen LogP contribution in [0.4, 0.5) is 5.69 Å². The van der Waals surface area contributed by atoms with E-state index < -0.39 is 10.0 Å². The van der Waals surface area contributed by atoms with E-state index in [1.807, 2.05) is 0 Å². The van der Waals surface area contributed by atoms with Crippen molar-refractivity contribution in [3.8, 4) is 0 Å². The zero-order chi connectivity index (χ0) is 20.4. The number of benzene rings is 2. The lowest BCUT2D eigenvalue weighted by Crippen LogP contribution is -2.36. The molecule has 1 N–H and O–H groups in total. The molecule has 1 fully saturated rings. The van der Waals surface area contributed by atoms with Gasteiger partial charge < -0.3 is 9.64 Å². The first-order chi connectivity index (χ1) is 13.9. The number of carbonyl (C=O) groups is 1. The highest BCUT2D eigenvalue weighted by Crippen LogP contribution is 2.31. The predicted octanol–water partition coefficient (Wildman–Crippen LogP) is 3.39. The number of ether oxygens (including phenoxy) is 1. The van der Waals surface area contributed by atoms with Crippen molar-refractivity contribution in [2.75, 3.05) is 24.6 Å². The van der Waals surface area contributed by atoms with Crippen LogP contribution in [0.5, 0.6) is 0 Å². The molecule has 2 heterocycles. The molecule has 0 aliphatic carbocycles. The van der Waals surface area contributed by atoms with Gasteiger partial charge in [-0.1, -0.05) is 11.6 Å². The molecule has 4 rings (SSSR count). The second-order valence-electron chi connectivity index (χ2n) is 7.34. The zero-order valence-electron chi connectivity index (χ0n) is 15.9. The van der Waals surface area contributed by atoms with Crippen molar-refractivity contribution >= 4 is 33.2 Å². The van der Waals surface area contributed by atoms with Crippen LogP contribution in [-0.2, 0) is 21.2 Å². The molecule has 1 saturated heterocycles. The summed E-state index contributed by atoms with van der Waals surface area (Å²) in [5.41, 5.74) is 2.17. The van der Waals surface area contributed by atoms with Crippen LogP contribution in [0.2, 0.25) is 5.02 Å². The van der Waals surface area contributed by atoms with Crippen LogP contribution in [0.15, 0.2) is 47.4 Å². The van der Waals surface area contributed by atoms with Crippen molar-refractivity contribution in [3.63, 3.8) is 0 Å². The number of aryl methyl sites for hydroxylation is 1. The third-order valence-corrected chi connectivity index (χ3v) is 7.01. The standard InChI is InChI=1S/C21H23ClN2O4S/c22-17-7-5-15(6-8-17)21(25)24-11-1-3-16-13-19(9-10-20(16)24)29(26,27)23-14-18-4-2-12-28-18/h5-10,13,18,23H,1-4,11-12,14H2/t18-/m1/s1. The number of hydrogen-bond donors (Lipinski definition) is 1. The van der Waals surface area contributed by atoms with Gasteiger partial charge in [0, 0.05) is 36.0 Å². The van der Waals surface area contributed by atoms with Gasteiger partial charge >= 0.3 is 0 Å². The van der Waals surface area contributed by atoms with Crippen molar-refractivity contribution in [2.45, 2.75) is 36.7 Å². The molecule has 29 heavy (non-hydrogen) atoms. The van der Waals surface area contributed by atoms with E-state index in [4.69, 9.17) is 16.3 Å². The summed E-state index contributed by atoms with van der Waals surface area (Å²) in [6.45, 7) is 1.56. The number of nitrogens with zero attached hydrogens (tertiary/aromatic N) is 1. The van der Waals surface area contributed by atoms with Crippen molar-refractivity contribution < 1.29 is 17.9 Å². The normalized spacial score (nSPS) is 19.2. The zero-order valence-corrected chi connectivity index (χ0v) is 17.5. The van der Waals surface area contributed by atoms with Gasteiger partial charge in [-0.15, -0.1) is 0 Å². The molecule has 2 aliphatic heterocycles. The van der Waals surface area contributed by atoms with E-state index in [1.165, 1.54) is 0 Å². The Morgan fingerprint density at radius 3 is 2.69 bits per heavy atom. The molecular weight excluding hydrogens is 412 g/mol. The molecule has 154 valence electrons. The first-order valence-corrected chi connectivity index (χ1v) is 11.6. The molecule has 2 aromatic carbocycles. The molecule has 0 saturated carbocycles. The van der Waals surface area contributed by atoms with Gasteiger partial charge in [-0.05, 0) is 73.7 Å². The van der Waals surface area contributed by atoms with Crippen LogP contribution in [0, 0.1) is 0 Å². The first kappa shape index (κ1) is 20.3. The Labute approximate surface area is 175 Å². The molecular formula is C21H23ClN2O4S. The smallest absolute Gasteiger partial charge is 0.258 e.